The topological polar surface area (TPSA) is 76.7 Å². The molecule has 0 aliphatic carbocycles. The number of carbonyl (C=O) groups excluding carboxylic acids is 2. The number of anilines is 2. The average Bonchev–Trinajstić information content (AvgIpc) is 2.56. The van der Waals surface area contributed by atoms with Crippen LogP contribution >= 0.6 is 0 Å². The lowest BCUT2D eigenvalue weighted by Crippen LogP contribution is -2.13. The molecule has 6 nitrogen and oxygen atoms in total. The number of aryl methyl sites for hydroxylation is 1. The van der Waals surface area contributed by atoms with Crippen molar-refractivity contribution in [2.24, 2.45) is 0 Å². The van der Waals surface area contributed by atoms with Crippen molar-refractivity contribution in [3.63, 3.8) is 0 Å². The minimum atomic E-state index is -0.284. The van der Waals surface area contributed by atoms with E-state index in [0.717, 1.165) is 5.56 Å². The Bertz CT molecular complexity index is 754. The van der Waals surface area contributed by atoms with Gasteiger partial charge in [0, 0.05) is 24.2 Å². The molecule has 2 aromatic carbocycles. The van der Waals surface area contributed by atoms with E-state index in [1.165, 1.54) is 6.92 Å². The molecule has 0 saturated heterocycles. The largest absolute Gasteiger partial charge is 0.496 e. The zero-order valence-electron chi connectivity index (χ0n) is 14.1. The number of amides is 2. The Balaban J connectivity index is 2.21. The van der Waals surface area contributed by atoms with Crippen LogP contribution in [0.1, 0.15) is 22.8 Å². The maximum atomic E-state index is 12.4. The monoisotopic (exact) mass is 328 g/mol. The summed E-state index contributed by atoms with van der Waals surface area (Å²) in [7, 11) is 3.11. The molecule has 0 unspecified atom stereocenters. The van der Waals surface area contributed by atoms with Crippen LogP contribution in [-0.4, -0.2) is 26.0 Å². The lowest BCUT2D eigenvalue weighted by Gasteiger charge is -2.14. The number of methoxy groups -OCH3 is 2. The van der Waals surface area contributed by atoms with Gasteiger partial charge in [-0.25, -0.2) is 0 Å². The van der Waals surface area contributed by atoms with Gasteiger partial charge in [-0.05, 0) is 42.8 Å². The second kappa shape index (κ2) is 7.50. The molecule has 0 aromatic heterocycles. The van der Waals surface area contributed by atoms with Gasteiger partial charge < -0.3 is 20.1 Å². The first-order chi connectivity index (χ1) is 11.4. The Labute approximate surface area is 140 Å². The second-order valence-electron chi connectivity index (χ2n) is 5.23. The highest BCUT2D eigenvalue weighted by Gasteiger charge is 2.13. The molecule has 0 aliphatic rings. The van der Waals surface area contributed by atoms with E-state index in [2.05, 4.69) is 10.6 Å². The molecule has 0 spiro atoms. The number of nitrogens with one attached hydrogen (secondary N) is 2. The number of carbonyl (C=O) groups is 2. The molecule has 0 aliphatic heterocycles. The van der Waals surface area contributed by atoms with E-state index in [4.69, 9.17) is 9.47 Å². The van der Waals surface area contributed by atoms with Gasteiger partial charge in [-0.1, -0.05) is 0 Å². The molecule has 2 rings (SSSR count). The van der Waals surface area contributed by atoms with Crippen molar-refractivity contribution in [3.8, 4) is 11.5 Å². The lowest BCUT2D eigenvalue weighted by atomic mass is 10.1. The lowest BCUT2D eigenvalue weighted by molar-refractivity contribution is -0.114. The maximum absolute atomic E-state index is 12.4. The standard InChI is InChI=1S/C18H20N2O4/c1-11-9-17(24-4)15(10-16(11)23-3)20-18(22)13-5-7-14(8-6-13)19-12(2)21/h5-10H,1-4H3,(H,19,21)(H,20,22). The van der Waals surface area contributed by atoms with Crippen LogP contribution in [0.25, 0.3) is 0 Å². The fourth-order valence-corrected chi connectivity index (χ4v) is 2.25. The van der Waals surface area contributed by atoms with Crippen LogP contribution in [0.15, 0.2) is 36.4 Å². The summed E-state index contributed by atoms with van der Waals surface area (Å²) in [5.41, 5.74) is 2.53. The van der Waals surface area contributed by atoms with Gasteiger partial charge in [0.1, 0.15) is 11.5 Å². The van der Waals surface area contributed by atoms with Crippen molar-refractivity contribution in [2.45, 2.75) is 13.8 Å². The highest BCUT2D eigenvalue weighted by molar-refractivity contribution is 6.05. The first kappa shape index (κ1) is 17.3. The molecule has 0 atom stereocenters. The fourth-order valence-electron chi connectivity index (χ4n) is 2.25. The van der Waals surface area contributed by atoms with Crippen LogP contribution in [0.3, 0.4) is 0 Å². The molecular weight excluding hydrogens is 308 g/mol. The zero-order valence-corrected chi connectivity index (χ0v) is 14.1. The van der Waals surface area contributed by atoms with Crippen LogP contribution in [-0.2, 0) is 4.79 Å². The summed E-state index contributed by atoms with van der Waals surface area (Å²) >= 11 is 0. The third kappa shape index (κ3) is 4.04. The summed E-state index contributed by atoms with van der Waals surface area (Å²) in [6.07, 6.45) is 0. The van der Waals surface area contributed by atoms with E-state index in [1.807, 2.05) is 6.92 Å². The highest BCUT2D eigenvalue weighted by Crippen LogP contribution is 2.32. The van der Waals surface area contributed by atoms with Gasteiger partial charge >= 0.3 is 0 Å². The van der Waals surface area contributed by atoms with Crippen LogP contribution < -0.4 is 20.1 Å². The van der Waals surface area contributed by atoms with Crippen molar-refractivity contribution in [3.05, 3.63) is 47.5 Å². The van der Waals surface area contributed by atoms with Crippen LogP contribution in [0.2, 0.25) is 0 Å². The Morgan fingerprint density at radius 1 is 0.917 bits per heavy atom. The third-order valence-corrected chi connectivity index (χ3v) is 3.43. The highest BCUT2D eigenvalue weighted by atomic mass is 16.5. The fraction of sp³-hybridized carbons (Fsp3) is 0.222. The summed E-state index contributed by atoms with van der Waals surface area (Å²) in [5.74, 6) is 0.765. The normalized spacial score (nSPS) is 10.0. The van der Waals surface area contributed by atoms with E-state index in [1.54, 1.807) is 50.6 Å². The Kier molecular flexibility index (Phi) is 5.42. The third-order valence-electron chi connectivity index (χ3n) is 3.43. The summed E-state index contributed by atoms with van der Waals surface area (Å²) in [6, 6.07) is 10.1. The van der Waals surface area contributed by atoms with Crippen molar-refractivity contribution in [1.29, 1.82) is 0 Å². The molecule has 24 heavy (non-hydrogen) atoms. The molecular formula is C18H20N2O4. The second-order valence-corrected chi connectivity index (χ2v) is 5.23. The molecule has 0 heterocycles. The van der Waals surface area contributed by atoms with Gasteiger partial charge in [0.25, 0.3) is 5.91 Å². The summed E-state index contributed by atoms with van der Waals surface area (Å²) < 4.78 is 10.6. The molecule has 0 bridgehead atoms. The SMILES string of the molecule is COc1cc(NC(=O)c2ccc(NC(C)=O)cc2)c(OC)cc1C. The summed E-state index contributed by atoms with van der Waals surface area (Å²) in [5, 5.41) is 5.46. The summed E-state index contributed by atoms with van der Waals surface area (Å²) in [6.45, 7) is 3.32. The predicted molar refractivity (Wildman–Crippen MR) is 93.0 cm³/mol. The number of hydrogen-bond donors (Lipinski definition) is 2. The smallest absolute Gasteiger partial charge is 0.255 e. The molecule has 2 amide bonds. The Morgan fingerprint density at radius 3 is 2.08 bits per heavy atom. The molecule has 126 valence electrons. The first-order valence-electron chi connectivity index (χ1n) is 7.36. The van der Waals surface area contributed by atoms with E-state index in [0.29, 0.717) is 28.4 Å². The maximum Gasteiger partial charge on any atom is 0.255 e. The van der Waals surface area contributed by atoms with Crippen LogP contribution in [0, 0.1) is 6.92 Å². The van der Waals surface area contributed by atoms with E-state index >= 15 is 0 Å². The van der Waals surface area contributed by atoms with Crippen LogP contribution in [0.4, 0.5) is 11.4 Å². The summed E-state index contributed by atoms with van der Waals surface area (Å²) in [4.78, 5) is 23.4. The predicted octanol–water partition coefficient (Wildman–Crippen LogP) is 3.22. The quantitative estimate of drug-likeness (QED) is 0.883. The van der Waals surface area contributed by atoms with Gasteiger partial charge in [-0.15, -0.1) is 0 Å². The molecule has 0 radical (unpaired) electrons. The zero-order chi connectivity index (χ0) is 17.7. The van der Waals surface area contributed by atoms with Gasteiger partial charge in [-0.2, -0.15) is 0 Å². The van der Waals surface area contributed by atoms with Crippen molar-refractivity contribution in [2.75, 3.05) is 24.9 Å². The van der Waals surface area contributed by atoms with Gasteiger partial charge in [-0.3, -0.25) is 9.59 Å². The average molecular weight is 328 g/mol. The first-order valence-corrected chi connectivity index (χ1v) is 7.36. The Morgan fingerprint density at radius 2 is 1.54 bits per heavy atom. The Hall–Kier alpha value is -3.02. The van der Waals surface area contributed by atoms with Gasteiger partial charge in [0.05, 0.1) is 19.9 Å². The molecule has 2 aromatic rings. The van der Waals surface area contributed by atoms with Gasteiger partial charge in [0.2, 0.25) is 5.91 Å². The van der Waals surface area contributed by atoms with E-state index < -0.39 is 0 Å². The number of hydrogen-bond acceptors (Lipinski definition) is 4. The molecule has 0 fully saturated rings. The molecule has 0 saturated carbocycles. The van der Waals surface area contributed by atoms with Crippen LogP contribution in [0.5, 0.6) is 11.5 Å². The number of rotatable bonds is 5. The van der Waals surface area contributed by atoms with E-state index in [9.17, 15) is 9.59 Å². The number of benzene rings is 2. The molecule has 6 heteroatoms. The van der Waals surface area contributed by atoms with Crippen molar-refractivity contribution < 1.29 is 19.1 Å². The molecule has 2 N–H and O–H groups in total. The minimum absolute atomic E-state index is 0.163. The van der Waals surface area contributed by atoms with Crippen molar-refractivity contribution in [1.82, 2.24) is 0 Å². The minimum Gasteiger partial charge on any atom is -0.496 e. The van der Waals surface area contributed by atoms with Gasteiger partial charge in [0.15, 0.2) is 0 Å². The van der Waals surface area contributed by atoms with Crippen molar-refractivity contribution >= 4 is 23.2 Å². The van der Waals surface area contributed by atoms with E-state index in [-0.39, 0.29) is 11.8 Å². The number of ether oxygens (including phenoxy) is 2.